The van der Waals surface area contributed by atoms with Crippen molar-refractivity contribution in [2.24, 2.45) is 5.92 Å². The van der Waals surface area contributed by atoms with Crippen LogP contribution in [0.2, 0.25) is 0 Å². The first-order valence-corrected chi connectivity index (χ1v) is 8.02. The summed E-state index contributed by atoms with van der Waals surface area (Å²) in [6.07, 6.45) is 12.7. The van der Waals surface area contributed by atoms with Crippen LogP contribution in [0.5, 0.6) is 0 Å². The molecule has 1 fully saturated rings. The van der Waals surface area contributed by atoms with E-state index >= 15 is 0 Å². The van der Waals surface area contributed by atoms with Gasteiger partial charge in [0.15, 0.2) is 0 Å². The number of benzene rings is 1. The zero-order chi connectivity index (χ0) is 14.2. The summed E-state index contributed by atoms with van der Waals surface area (Å²) in [7, 11) is 1.75. The molecule has 0 aromatic heterocycles. The standard InChI is InChI=1S/C19H28O/c1-3-4-5-6-16-7-11-18(12-8-16)19-13-9-17(10-14-19)15-20-2/h3-4,9-10,13-14,16,18H,5-8,11-12,15H2,1-2H3/b4-3+. The molecule has 1 nitrogen and oxygen atoms in total. The highest BCUT2D eigenvalue weighted by molar-refractivity contribution is 5.25. The monoisotopic (exact) mass is 272 g/mol. The molecule has 1 heteroatoms. The van der Waals surface area contributed by atoms with Crippen LogP contribution in [0.25, 0.3) is 0 Å². The van der Waals surface area contributed by atoms with E-state index in [1.165, 1.54) is 49.7 Å². The number of ether oxygens (including phenoxy) is 1. The highest BCUT2D eigenvalue weighted by Gasteiger charge is 2.21. The molecule has 1 aromatic rings. The van der Waals surface area contributed by atoms with E-state index in [9.17, 15) is 0 Å². The number of methoxy groups -OCH3 is 1. The molecule has 1 aromatic carbocycles. The molecule has 1 aliphatic carbocycles. The van der Waals surface area contributed by atoms with Crippen molar-refractivity contribution in [2.75, 3.05) is 7.11 Å². The molecular formula is C19H28O. The molecule has 0 spiro atoms. The van der Waals surface area contributed by atoms with Crippen LogP contribution < -0.4 is 0 Å². The van der Waals surface area contributed by atoms with E-state index in [1.54, 1.807) is 7.11 Å². The summed E-state index contributed by atoms with van der Waals surface area (Å²) in [5.74, 6) is 1.74. The van der Waals surface area contributed by atoms with Crippen LogP contribution in [-0.4, -0.2) is 7.11 Å². The van der Waals surface area contributed by atoms with Gasteiger partial charge in [-0.05, 0) is 68.4 Å². The van der Waals surface area contributed by atoms with Crippen LogP contribution in [0.15, 0.2) is 36.4 Å². The molecule has 0 aliphatic heterocycles. The Labute approximate surface area is 124 Å². The predicted octanol–water partition coefficient (Wildman–Crippen LogP) is 5.46. The van der Waals surface area contributed by atoms with Crippen LogP contribution in [0.4, 0.5) is 0 Å². The molecule has 0 bridgehead atoms. The lowest BCUT2D eigenvalue weighted by Crippen LogP contribution is -2.13. The van der Waals surface area contributed by atoms with Gasteiger partial charge in [-0.1, -0.05) is 36.4 Å². The molecule has 0 saturated heterocycles. The molecule has 0 amide bonds. The molecule has 0 atom stereocenters. The van der Waals surface area contributed by atoms with Crippen molar-refractivity contribution in [3.63, 3.8) is 0 Å². The summed E-state index contributed by atoms with van der Waals surface area (Å²) >= 11 is 0. The molecule has 0 unspecified atom stereocenters. The third-order valence-electron chi connectivity index (χ3n) is 4.59. The quantitative estimate of drug-likeness (QED) is 0.624. The van der Waals surface area contributed by atoms with Gasteiger partial charge in [0.05, 0.1) is 6.61 Å². The Hall–Kier alpha value is -1.08. The van der Waals surface area contributed by atoms with E-state index in [4.69, 9.17) is 4.74 Å². The number of hydrogen-bond acceptors (Lipinski definition) is 1. The van der Waals surface area contributed by atoms with E-state index in [0.29, 0.717) is 0 Å². The van der Waals surface area contributed by atoms with Crippen molar-refractivity contribution in [2.45, 2.75) is 58.0 Å². The first kappa shape index (κ1) is 15.3. The summed E-state index contributed by atoms with van der Waals surface area (Å²) in [5.41, 5.74) is 2.80. The van der Waals surface area contributed by atoms with Gasteiger partial charge < -0.3 is 4.74 Å². The molecule has 1 aliphatic rings. The number of rotatable bonds is 6. The normalized spacial score (nSPS) is 23.3. The second kappa shape index (κ2) is 8.26. The minimum absolute atomic E-state index is 0.720. The van der Waals surface area contributed by atoms with Crippen molar-refractivity contribution in [1.82, 2.24) is 0 Å². The summed E-state index contributed by atoms with van der Waals surface area (Å²) in [4.78, 5) is 0. The molecule has 0 radical (unpaired) electrons. The van der Waals surface area contributed by atoms with Gasteiger partial charge in [-0.3, -0.25) is 0 Å². The lowest BCUT2D eigenvalue weighted by molar-refractivity contribution is 0.185. The van der Waals surface area contributed by atoms with Crippen LogP contribution in [0.3, 0.4) is 0 Å². The average molecular weight is 272 g/mol. The molecule has 2 rings (SSSR count). The predicted molar refractivity (Wildman–Crippen MR) is 85.9 cm³/mol. The smallest absolute Gasteiger partial charge is 0.0713 e. The highest BCUT2D eigenvalue weighted by atomic mass is 16.5. The van der Waals surface area contributed by atoms with Crippen LogP contribution >= 0.6 is 0 Å². The van der Waals surface area contributed by atoms with E-state index in [-0.39, 0.29) is 0 Å². The molecule has 0 heterocycles. The first-order valence-electron chi connectivity index (χ1n) is 8.02. The first-order chi connectivity index (χ1) is 9.83. The van der Waals surface area contributed by atoms with Gasteiger partial charge in [-0.25, -0.2) is 0 Å². The van der Waals surface area contributed by atoms with E-state index < -0.39 is 0 Å². The lowest BCUT2D eigenvalue weighted by Gasteiger charge is -2.28. The van der Waals surface area contributed by atoms with E-state index in [0.717, 1.165) is 18.4 Å². The second-order valence-corrected chi connectivity index (χ2v) is 6.04. The highest BCUT2D eigenvalue weighted by Crippen LogP contribution is 2.37. The fourth-order valence-electron chi connectivity index (χ4n) is 3.34. The molecule has 1 saturated carbocycles. The minimum atomic E-state index is 0.720. The van der Waals surface area contributed by atoms with E-state index in [2.05, 4.69) is 43.3 Å². The van der Waals surface area contributed by atoms with Gasteiger partial charge in [-0.15, -0.1) is 0 Å². The van der Waals surface area contributed by atoms with Gasteiger partial charge in [0, 0.05) is 7.11 Å². The van der Waals surface area contributed by atoms with Crippen molar-refractivity contribution >= 4 is 0 Å². The summed E-state index contributed by atoms with van der Waals surface area (Å²) in [6.45, 7) is 2.84. The zero-order valence-electron chi connectivity index (χ0n) is 13.0. The Morgan fingerprint density at radius 1 is 1.10 bits per heavy atom. The maximum absolute atomic E-state index is 5.17. The SMILES string of the molecule is C/C=C/CCC1CCC(c2ccc(COC)cc2)CC1. The third-order valence-corrected chi connectivity index (χ3v) is 4.59. The van der Waals surface area contributed by atoms with Gasteiger partial charge in [0.1, 0.15) is 0 Å². The Morgan fingerprint density at radius 3 is 2.40 bits per heavy atom. The van der Waals surface area contributed by atoms with Crippen LogP contribution in [0, 0.1) is 5.92 Å². The van der Waals surface area contributed by atoms with Crippen molar-refractivity contribution < 1.29 is 4.74 Å². The Bertz CT molecular complexity index is 396. The lowest BCUT2D eigenvalue weighted by atomic mass is 9.77. The van der Waals surface area contributed by atoms with Crippen molar-refractivity contribution in [3.8, 4) is 0 Å². The summed E-state index contributed by atoms with van der Waals surface area (Å²) in [6, 6.07) is 9.05. The van der Waals surface area contributed by atoms with Gasteiger partial charge in [-0.2, -0.15) is 0 Å². The second-order valence-electron chi connectivity index (χ2n) is 6.04. The fourth-order valence-corrected chi connectivity index (χ4v) is 3.34. The topological polar surface area (TPSA) is 9.23 Å². The van der Waals surface area contributed by atoms with Crippen LogP contribution in [0.1, 0.15) is 62.5 Å². The van der Waals surface area contributed by atoms with Gasteiger partial charge in [0.25, 0.3) is 0 Å². The number of hydrogen-bond donors (Lipinski definition) is 0. The summed E-state index contributed by atoms with van der Waals surface area (Å²) in [5, 5.41) is 0. The summed E-state index contributed by atoms with van der Waals surface area (Å²) < 4.78 is 5.17. The average Bonchev–Trinajstić information content (AvgIpc) is 2.49. The Balaban J connectivity index is 1.80. The molecule has 20 heavy (non-hydrogen) atoms. The van der Waals surface area contributed by atoms with E-state index in [1.807, 2.05) is 0 Å². The minimum Gasteiger partial charge on any atom is -0.380 e. The molecular weight excluding hydrogens is 244 g/mol. The largest absolute Gasteiger partial charge is 0.380 e. The molecule has 110 valence electrons. The maximum atomic E-state index is 5.17. The fraction of sp³-hybridized carbons (Fsp3) is 0.579. The molecule has 0 N–H and O–H groups in total. The third kappa shape index (κ3) is 4.49. The van der Waals surface area contributed by atoms with Crippen molar-refractivity contribution in [3.05, 3.63) is 47.5 Å². The Kier molecular flexibility index (Phi) is 6.32. The van der Waals surface area contributed by atoms with Gasteiger partial charge >= 0.3 is 0 Å². The van der Waals surface area contributed by atoms with Crippen LogP contribution in [-0.2, 0) is 11.3 Å². The van der Waals surface area contributed by atoms with Crippen molar-refractivity contribution in [1.29, 1.82) is 0 Å². The zero-order valence-corrected chi connectivity index (χ0v) is 13.0. The maximum Gasteiger partial charge on any atom is 0.0713 e. The number of allylic oxidation sites excluding steroid dienone is 2. The Morgan fingerprint density at radius 2 is 1.80 bits per heavy atom. The van der Waals surface area contributed by atoms with Gasteiger partial charge in [0.2, 0.25) is 0 Å².